The normalized spacial score (nSPS) is 12.2. The minimum Gasteiger partial charge on any atom is -0.449 e. The van der Waals surface area contributed by atoms with E-state index in [4.69, 9.17) is 4.74 Å². The van der Waals surface area contributed by atoms with Crippen LogP contribution in [0.4, 0.5) is 10.1 Å². The molecule has 0 fully saturated rings. The third kappa shape index (κ3) is 5.03. The minimum atomic E-state index is -0.989. The van der Waals surface area contributed by atoms with Gasteiger partial charge in [0.2, 0.25) is 0 Å². The van der Waals surface area contributed by atoms with Crippen LogP contribution in [0.5, 0.6) is 0 Å². The van der Waals surface area contributed by atoms with Gasteiger partial charge >= 0.3 is 5.97 Å². The Morgan fingerprint density at radius 2 is 2.00 bits per heavy atom. The summed E-state index contributed by atoms with van der Waals surface area (Å²) >= 11 is 1.55. The van der Waals surface area contributed by atoms with E-state index in [0.29, 0.717) is 11.3 Å². The Morgan fingerprint density at radius 1 is 1.25 bits per heavy atom. The summed E-state index contributed by atoms with van der Waals surface area (Å²) in [7, 11) is 0. The van der Waals surface area contributed by atoms with Crippen LogP contribution in [0.2, 0.25) is 0 Å². The van der Waals surface area contributed by atoms with E-state index in [2.05, 4.69) is 5.32 Å². The zero-order valence-corrected chi connectivity index (χ0v) is 14.4. The lowest BCUT2D eigenvalue weighted by Crippen LogP contribution is -2.29. The Labute approximate surface area is 144 Å². The number of nitrogens with one attached hydrogen (secondary N) is 1. The quantitative estimate of drug-likeness (QED) is 0.655. The molecule has 1 aromatic heterocycles. The first kappa shape index (κ1) is 17.9. The molecule has 0 aliphatic carbocycles. The van der Waals surface area contributed by atoms with Crippen molar-refractivity contribution in [2.24, 2.45) is 0 Å². The van der Waals surface area contributed by atoms with Crippen molar-refractivity contribution in [3.05, 3.63) is 57.5 Å². The summed E-state index contributed by atoms with van der Waals surface area (Å²) < 4.78 is 18.5. The first-order valence-electron chi connectivity index (χ1n) is 7.37. The van der Waals surface area contributed by atoms with Crippen LogP contribution in [0, 0.1) is 19.7 Å². The van der Waals surface area contributed by atoms with Crippen molar-refractivity contribution in [3.63, 3.8) is 0 Å². The fourth-order valence-corrected chi connectivity index (χ4v) is 2.65. The number of hydrogen-bond donors (Lipinski definition) is 1. The monoisotopic (exact) mass is 347 g/mol. The van der Waals surface area contributed by atoms with Gasteiger partial charge < -0.3 is 10.1 Å². The van der Waals surface area contributed by atoms with Crippen LogP contribution >= 0.6 is 11.3 Å². The molecule has 126 valence electrons. The Morgan fingerprint density at radius 3 is 2.62 bits per heavy atom. The number of hydrogen-bond acceptors (Lipinski definition) is 4. The summed E-state index contributed by atoms with van der Waals surface area (Å²) in [4.78, 5) is 25.8. The molecule has 0 saturated heterocycles. The molecular formula is C18H18FNO3S. The highest BCUT2D eigenvalue weighted by molar-refractivity contribution is 7.12. The van der Waals surface area contributed by atoms with Crippen LogP contribution in [0.15, 0.2) is 36.4 Å². The Balaban J connectivity index is 1.89. The third-order valence-electron chi connectivity index (χ3n) is 3.25. The molecular weight excluding hydrogens is 329 g/mol. The van der Waals surface area contributed by atoms with E-state index >= 15 is 0 Å². The number of thiophene rings is 1. The van der Waals surface area contributed by atoms with E-state index in [-0.39, 0.29) is 0 Å². The lowest BCUT2D eigenvalue weighted by Gasteiger charge is -2.12. The number of rotatable bonds is 5. The van der Waals surface area contributed by atoms with Crippen LogP contribution in [0.1, 0.15) is 22.2 Å². The molecule has 1 aromatic carbocycles. The van der Waals surface area contributed by atoms with Gasteiger partial charge in [0.1, 0.15) is 5.82 Å². The molecule has 2 rings (SSSR count). The van der Waals surface area contributed by atoms with Gasteiger partial charge in [-0.05, 0) is 56.7 Å². The average molecular weight is 347 g/mol. The van der Waals surface area contributed by atoms with Gasteiger partial charge in [-0.2, -0.15) is 0 Å². The van der Waals surface area contributed by atoms with Gasteiger partial charge in [0, 0.05) is 21.5 Å². The fourth-order valence-electron chi connectivity index (χ4n) is 1.87. The van der Waals surface area contributed by atoms with Crippen LogP contribution < -0.4 is 5.32 Å². The maximum absolute atomic E-state index is 13.5. The Bertz CT molecular complexity index is 782. The lowest BCUT2D eigenvalue weighted by molar-refractivity contribution is -0.148. The molecule has 24 heavy (non-hydrogen) atoms. The molecule has 0 saturated carbocycles. The number of halogens is 1. The average Bonchev–Trinajstić information content (AvgIpc) is 2.94. The van der Waals surface area contributed by atoms with Gasteiger partial charge in [-0.1, -0.05) is 6.07 Å². The zero-order chi connectivity index (χ0) is 17.7. The molecule has 0 radical (unpaired) electrons. The standard InChI is InChI=1S/C18H18FNO3S/c1-11-4-6-14(10-16(11)19)20-18(22)13(3)23-17(21)9-8-15-7-5-12(2)24-15/h4-10,13H,1-3H3,(H,20,22)/b9-8+/t13-/m1/s1. The maximum atomic E-state index is 13.5. The Kier molecular flexibility index (Phi) is 5.87. The second kappa shape index (κ2) is 7.88. The molecule has 0 bridgehead atoms. The molecule has 0 aliphatic heterocycles. The molecule has 2 aromatic rings. The largest absolute Gasteiger partial charge is 0.449 e. The van der Waals surface area contributed by atoms with Crippen molar-refractivity contribution in [1.82, 2.24) is 0 Å². The van der Waals surface area contributed by atoms with Crippen LogP contribution in [0.3, 0.4) is 0 Å². The first-order valence-corrected chi connectivity index (χ1v) is 8.19. The summed E-state index contributed by atoms with van der Waals surface area (Å²) in [5.41, 5.74) is 0.803. The highest BCUT2D eigenvalue weighted by atomic mass is 32.1. The second-order valence-electron chi connectivity index (χ2n) is 5.31. The Hall–Kier alpha value is -2.47. The van der Waals surface area contributed by atoms with Crippen molar-refractivity contribution in [2.75, 3.05) is 5.32 Å². The van der Waals surface area contributed by atoms with Crippen molar-refractivity contribution >= 4 is 35.0 Å². The van der Waals surface area contributed by atoms with Crippen LogP contribution in [-0.4, -0.2) is 18.0 Å². The summed E-state index contributed by atoms with van der Waals surface area (Å²) in [6, 6.07) is 8.22. The number of aryl methyl sites for hydroxylation is 2. The van der Waals surface area contributed by atoms with Crippen molar-refractivity contribution in [3.8, 4) is 0 Å². The number of benzene rings is 1. The van der Waals surface area contributed by atoms with Crippen molar-refractivity contribution < 1.29 is 18.7 Å². The van der Waals surface area contributed by atoms with Crippen molar-refractivity contribution in [2.45, 2.75) is 26.9 Å². The smallest absolute Gasteiger partial charge is 0.331 e. The van der Waals surface area contributed by atoms with Gasteiger partial charge in [-0.3, -0.25) is 4.79 Å². The van der Waals surface area contributed by atoms with E-state index in [1.807, 2.05) is 19.1 Å². The summed E-state index contributed by atoms with van der Waals surface area (Å²) in [6.45, 7) is 5.06. The van der Waals surface area contributed by atoms with E-state index < -0.39 is 23.8 Å². The number of amides is 1. The number of carbonyl (C=O) groups is 2. The lowest BCUT2D eigenvalue weighted by atomic mass is 10.2. The molecule has 1 atom stereocenters. The molecule has 6 heteroatoms. The highest BCUT2D eigenvalue weighted by Gasteiger charge is 2.17. The van der Waals surface area contributed by atoms with Gasteiger partial charge in [-0.25, -0.2) is 9.18 Å². The molecule has 0 aliphatic rings. The molecule has 0 spiro atoms. The molecule has 4 nitrogen and oxygen atoms in total. The number of anilines is 1. The zero-order valence-electron chi connectivity index (χ0n) is 13.6. The van der Waals surface area contributed by atoms with E-state index in [1.54, 1.807) is 36.5 Å². The van der Waals surface area contributed by atoms with Gasteiger partial charge in [0.05, 0.1) is 0 Å². The molecule has 1 N–H and O–H groups in total. The van der Waals surface area contributed by atoms with E-state index in [9.17, 15) is 14.0 Å². The van der Waals surface area contributed by atoms with E-state index in [0.717, 1.165) is 9.75 Å². The fraction of sp³-hybridized carbons (Fsp3) is 0.222. The second-order valence-corrected chi connectivity index (χ2v) is 6.63. The van der Waals surface area contributed by atoms with Crippen LogP contribution in [0.25, 0.3) is 6.08 Å². The third-order valence-corrected chi connectivity index (χ3v) is 4.21. The highest BCUT2D eigenvalue weighted by Crippen LogP contribution is 2.17. The van der Waals surface area contributed by atoms with Gasteiger partial charge in [-0.15, -0.1) is 11.3 Å². The number of ether oxygens (including phenoxy) is 1. The summed E-state index contributed by atoms with van der Waals surface area (Å²) in [5, 5.41) is 2.51. The predicted octanol–water partition coefficient (Wildman–Crippen LogP) is 4.09. The summed E-state index contributed by atoms with van der Waals surface area (Å²) in [6.07, 6.45) is 1.93. The molecule has 1 heterocycles. The number of esters is 1. The summed E-state index contributed by atoms with van der Waals surface area (Å²) in [5.74, 6) is -1.54. The minimum absolute atomic E-state index is 0.315. The molecule has 0 unspecified atom stereocenters. The van der Waals surface area contributed by atoms with E-state index in [1.165, 1.54) is 19.1 Å². The number of carbonyl (C=O) groups excluding carboxylic acids is 2. The SMILES string of the molecule is Cc1ccc(/C=C/C(=O)O[C@H](C)C(=O)Nc2ccc(C)c(F)c2)s1. The van der Waals surface area contributed by atoms with Crippen molar-refractivity contribution in [1.29, 1.82) is 0 Å². The predicted molar refractivity (Wildman–Crippen MR) is 93.4 cm³/mol. The van der Waals surface area contributed by atoms with Crippen LogP contribution in [-0.2, 0) is 14.3 Å². The molecule has 1 amide bonds. The maximum Gasteiger partial charge on any atom is 0.331 e. The van der Waals surface area contributed by atoms with Gasteiger partial charge in [0.25, 0.3) is 5.91 Å². The first-order chi connectivity index (χ1) is 11.3. The topological polar surface area (TPSA) is 55.4 Å². The van der Waals surface area contributed by atoms with Gasteiger partial charge in [0.15, 0.2) is 6.10 Å².